The SMILES string of the molecule is CN=C(NCc1nc(-c2ccc(Cl)cc2)no1)N(C)Cc1csc(C(C)OC)n1.I. The van der Waals surface area contributed by atoms with Gasteiger partial charge in [-0.2, -0.15) is 4.98 Å². The first kappa shape index (κ1) is 24.5. The maximum absolute atomic E-state index is 5.91. The highest BCUT2D eigenvalue weighted by molar-refractivity contribution is 14.0. The van der Waals surface area contributed by atoms with Crippen molar-refractivity contribution in [3.05, 3.63) is 51.3 Å². The number of hydrogen-bond acceptors (Lipinski definition) is 7. The van der Waals surface area contributed by atoms with Gasteiger partial charge in [-0.25, -0.2) is 4.98 Å². The highest BCUT2D eigenvalue weighted by Gasteiger charge is 2.14. The highest BCUT2D eigenvalue weighted by atomic mass is 127. The number of benzene rings is 1. The van der Waals surface area contributed by atoms with Gasteiger partial charge in [0.1, 0.15) is 11.1 Å². The van der Waals surface area contributed by atoms with Crippen LogP contribution in [-0.4, -0.2) is 47.2 Å². The van der Waals surface area contributed by atoms with Gasteiger partial charge in [0.15, 0.2) is 5.96 Å². The van der Waals surface area contributed by atoms with Crippen LogP contribution in [-0.2, 0) is 17.8 Å². The predicted octanol–water partition coefficient (Wildman–Crippen LogP) is 4.38. The van der Waals surface area contributed by atoms with Gasteiger partial charge in [0.05, 0.1) is 18.8 Å². The number of nitrogens with one attached hydrogen (secondary N) is 1. The Bertz CT molecular complexity index is 962. The van der Waals surface area contributed by atoms with Crippen molar-refractivity contribution in [1.29, 1.82) is 0 Å². The number of thiazole rings is 1. The number of hydrogen-bond donors (Lipinski definition) is 1. The molecule has 0 spiro atoms. The second-order valence-corrected chi connectivity index (χ2v) is 7.66. The van der Waals surface area contributed by atoms with Gasteiger partial charge >= 0.3 is 0 Å². The number of halogens is 2. The van der Waals surface area contributed by atoms with Crippen LogP contribution >= 0.6 is 46.9 Å². The normalized spacial score (nSPS) is 12.4. The standard InChI is InChI=1S/C19H23ClN6O2S.HI/c1-12(27-4)18-23-15(11-29-18)10-26(3)19(21-2)22-9-16-24-17(25-28-16)13-5-7-14(20)8-6-13;/h5-8,11-12H,9-10H2,1-4H3,(H,21,22);1H. The van der Waals surface area contributed by atoms with E-state index in [1.807, 2.05) is 36.4 Å². The molecule has 2 heterocycles. The van der Waals surface area contributed by atoms with Crippen LogP contribution in [0.1, 0.15) is 29.6 Å². The quantitative estimate of drug-likeness (QED) is 0.260. The Hall–Kier alpha value is -1.76. The van der Waals surface area contributed by atoms with Crippen molar-refractivity contribution in [3.63, 3.8) is 0 Å². The fourth-order valence-electron chi connectivity index (χ4n) is 2.58. The molecular weight excluding hydrogens is 539 g/mol. The van der Waals surface area contributed by atoms with Crippen LogP contribution in [0.15, 0.2) is 39.2 Å². The topological polar surface area (TPSA) is 88.7 Å². The summed E-state index contributed by atoms with van der Waals surface area (Å²) in [5, 5.41) is 10.9. The molecule has 0 saturated carbocycles. The number of aliphatic imine (C=N–C) groups is 1. The molecular formula is C19H24ClIN6O2S. The van der Waals surface area contributed by atoms with Crippen molar-refractivity contribution in [3.8, 4) is 11.4 Å². The van der Waals surface area contributed by atoms with Gasteiger partial charge in [0.2, 0.25) is 11.7 Å². The molecule has 0 aliphatic heterocycles. The van der Waals surface area contributed by atoms with Gasteiger partial charge in [0.25, 0.3) is 0 Å². The minimum atomic E-state index is -0.0103. The Balaban J connectivity index is 0.00000320. The second-order valence-electron chi connectivity index (χ2n) is 6.33. The lowest BCUT2D eigenvalue weighted by molar-refractivity contribution is 0.119. The first-order valence-electron chi connectivity index (χ1n) is 8.97. The summed E-state index contributed by atoms with van der Waals surface area (Å²) in [6.07, 6.45) is -0.0103. The lowest BCUT2D eigenvalue weighted by Crippen LogP contribution is -2.38. The smallest absolute Gasteiger partial charge is 0.246 e. The molecule has 0 radical (unpaired) electrons. The Morgan fingerprint density at radius 1 is 1.33 bits per heavy atom. The van der Waals surface area contributed by atoms with Crippen LogP contribution in [0, 0.1) is 0 Å². The van der Waals surface area contributed by atoms with E-state index in [0.717, 1.165) is 16.3 Å². The summed E-state index contributed by atoms with van der Waals surface area (Å²) in [4.78, 5) is 15.3. The molecule has 0 aliphatic rings. The molecule has 1 N–H and O–H groups in total. The average Bonchev–Trinajstić information content (AvgIpc) is 3.38. The molecule has 162 valence electrons. The van der Waals surface area contributed by atoms with Crippen molar-refractivity contribution in [2.45, 2.75) is 26.1 Å². The number of guanidine groups is 1. The first-order chi connectivity index (χ1) is 14.0. The molecule has 0 saturated heterocycles. The largest absolute Gasteiger partial charge is 0.375 e. The van der Waals surface area contributed by atoms with E-state index < -0.39 is 0 Å². The monoisotopic (exact) mass is 562 g/mol. The summed E-state index contributed by atoms with van der Waals surface area (Å²) in [5.74, 6) is 1.68. The van der Waals surface area contributed by atoms with E-state index in [4.69, 9.17) is 20.9 Å². The van der Waals surface area contributed by atoms with Gasteiger partial charge in [-0.05, 0) is 31.2 Å². The number of rotatable bonds is 7. The first-order valence-corrected chi connectivity index (χ1v) is 10.2. The molecule has 1 unspecified atom stereocenters. The van der Waals surface area contributed by atoms with Crippen LogP contribution in [0.2, 0.25) is 5.02 Å². The Kier molecular flexibility index (Phi) is 9.46. The van der Waals surface area contributed by atoms with Crippen LogP contribution in [0.25, 0.3) is 11.4 Å². The zero-order chi connectivity index (χ0) is 20.8. The Morgan fingerprint density at radius 3 is 2.73 bits per heavy atom. The van der Waals surface area contributed by atoms with Gasteiger partial charge in [-0.15, -0.1) is 35.3 Å². The molecule has 3 aromatic rings. The molecule has 3 rings (SSSR count). The zero-order valence-electron chi connectivity index (χ0n) is 17.1. The van der Waals surface area contributed by atoms with Crippen molar-refractivity contribution in [2.75, 3.05) is 21.2 Å². The van der Waals surface area contributed by atoms with E-state index >= 15 is 0 Å². The fraction of sp³-hybridized carbons (Fsp3) is 0.368. The third kappa shape index (κ3) is 6.37. The van der Waals surface area contributed by atoms with Gasteiger partial charge < -0.3 is 19.5 Å². The number of aromatic nitrogens is 3. The number of ether oxygens (including phenoxy) is 1. The lowest BCUT2D eigenvalue weighted by atomic mass is 10.2. The maximum atomic E-state index is 5.91. The minimum absolute atomic E-state index is 0. The summed E-state index contributed by atoms with van der Waals surface area (Å²) >= 11 is 7.51. The van der Waals surface area contributed by atoms with E-state index in [1.165, 1.54) is 0 Å². The Labute approximate surface area is 201 Å². The third-order valence-corrected chi connectivity index (χ3v) is 5.52. The predicted molar refractivity (Wildman–Crippen MR) is 129 cm³/mol. The van der Waals surface area contributed by atoms with Gasteiger partial charge in [-0.1, -0.05) is 16.8 Å². The number of methoxy groups -OCH3 is 1. The van der Waals surface area contributed by atoms with E-state index in [9.17, 15) is 0 Å². The van der Waals surface area contributed by atoms with E-state index in [0.29, 0.717) is 35.8 Å². The van der Waals surface area contributed by atoms with Crippen molar-refractivity contribution in [1.82, 2.24) is 25.3 Å². The zero-order valence-corrected chi connectivity index (χ0v) is 21.0. The van der Waals surface area contributed by atoms with E-state index in [2.05, 4.69) is 25.4 Å². The van der Waals surface area contributed by atoms with Crippen molar-refractivity contribution >= 4 is 52.9 Å². The highest BCUT2D eigenvalue weighted by Crippen LogP contribution is 2.21. The summed E-state index contributed by atoms with van der Waals surface area (Å²) < 4.78 is 10.6. The minimum Gasteiger partial charge on any atom is -0.375 e. The van der Waals surface area contributed by atoms with E-state index in [-0.39, 0.29) is 30.1 Å². The molecule has 2 aromatic heterocycles. The fourth-order valence-corrected chi connectivity index (χ4v) is 3.55. The maximum Gasteiger partial charge on any atom is 0.246 e. The van der Waals surface area contributed by atoms with Crippen LogP contribution in [0.4, 0.5) is 0 Å². The molecule has 0 aliphatic carbocycles. The second kappa shape index (κ2) is 11.6. The summed E-state index contributed by atoms with van der Waals surface area (Å²) in [7, 11) is 5.35. The summed E-state index contributed by atoms with van der Waals surface area (Å²) in [6.45, 7) is 2.96. The number of nitrogens with zero attached hydrogens (tertiary/aromatic N) is 5. The lowest BCUT2D eigenvalue weighted by Gasteiger charge is -2.20. The third-order valence-electron chi connectivity index (χ3n) is 4.21. The molecule has 0 bridgehead atoms. The summed E-state index contributed by atoms with van der Waals surface area (Å²) in [5.41, 5.74) is 1.80. The molecule has 11 heteroatoms. The molecule has 1 aromatic carbocycles. The van der Waals surface area contributed by atoms with E-state index in [1.54, 1.807) is 37.6 Å². The molecule has 8 nitrogen and oxygen atoms in total. The average molecular weight is 563 g/mol. The van der Waals surface area contributed by atoms with Crippen LogP contribution < -0.4 is 5.32 Å². The molecule has 30 heavy (non-hydrogen) atoms. The summed E-state index contributed by atoms with van der Waals surface area (Å²) in [6, 6.07) is 7.28. The Morgan fingerprint density at radius 2 is 2.07 bits per heavy atom. The van der Waals surface area contributed by atoms with Crippen LogP contribution in [0.3, 0.4) is 0 Å². The van der Waals surface area contributed by atoms with Crippen molar-refractivity contribution < 1.29 is 9.26 Å². The van der Waals surface area contributed by atoms with Crippen LogP contribution in [0.5, 0.6) is 0 Å². The molecule has 0 amide bonds. The molecule has 1 atom stereocenters. The van der Waals surface area contributed by atoms with Gasteiger partial charge in [-0.3, -0.25) is 4.99 Å². The van der Waals surface area contributed by atoms with Gasteiger partial charge in [0, 0.05) is 37.2 Å². The van der Waals surface area contributed by atoms with Crippen molar-refractivity contribution in [2.24, 2.45) is 4.99 Å². The molecule has 0 fully saturated rings.